The van der Waals surface area contributed by atoms with Crippen molar-refractivity contribution >= 4 is 22.5 Å². The van der Waals surface area contributed by atoms with Crippen LogP contribution in [0.1, 0.15) is 19.4 Å². The summed E-state index contributed by atoms with van der Waals surface area (Å²) in [5, 5.41) is 10.9. The van der Waals surface area contributed by atoms with Gasteiger partial charge in [0.2, 0.25) is 5.91 Å². The molecule has 1 N–H and O–H groups in total. The molecule has 1 amide bonds. The van der Waals surface area contributed by atoms with E-state index >= 15 is 0 Å². The summed E-state index contributed by atoms with van der Waals surface area (Å²) in [5.41, 5.74) is 0.552. The Kier molecular flexibility index (Phi) is 4.33. The van der Waals surface area contributed by atoms with Gasteiger partial charge in [0, 0.05) is 5.69 Å². The van der Waals surface area contributed by atoms with Crippen LogP contribution in [0.3, 0.4) is 0 Å². The van der Waals surface area contributed by atoms with E-state index in [1.807, 2.05) is 0 Å². The van der Waals surface area contributed by atoms with Gasteiger partial charge in [0.15, 0.2) is 0 Å². The number of rotatable bonds is 4. The van der Waals surface area contributed by atoms with Gasteiger partial charge in [0.25, 0.3) is 5.56 Å². The van der Waals surface area contributed by atoms with Crippen LogP contribution < -0.4 is 10.9 Å². The standard InChI is InChI=1S/C17H15FN4O2/c1-2-15(16(23)19-12-9-7-11(18)8-10-12)22-17(24)13-5-3-4-6-14(13)20-21-22/h3-10,15H,2H2,1H3,(H,19,23)/t15-/m0/s1. The van der Waals surface area contributed by atoms with Gasteiger partial charge in [-0.25, -0.2) is 4.39 Å². The van der Waals surface area contributed by atoms with Crippen molar-refractivity contribution in [3.8, 4) is 0 Å². The number of halogens is 1. The number of fused-ring (bicyclic) bond motifs is 1. The molecule has 6 nitrogen and oxygen atoms in total. The zero-order chi connectivity index (χ0) is 17.1. The Bertz CT molecular complexity index is 937. The number of carbonyl (C=O) groups excluding carboxylic acids is 1. The second kappa shape index (κ2) is 6.57. The Morgan fingerprint density at radius 2 is 1.92 bits per heavy atom. The number of carbonyl (C=O) groups is 1. The third-order valence-electron chi connectivity index (χ3n) is 3.69. The fourth-order valence-corrected chi connectivity index (χ4v) is 2.43. The fourth-order valence-electron chi connectivity index (χ4n) is 2.43. The van der Waals surface area contributed by atoms with Crippen LogP contribution in [0.25, 0.3) is 10.9 Å². The summed E-state index contributed by atoms with van der Waals surface area (Å²) in [5.74, 6) is -0.799. The van der Waals surface area contributed by atoms with Gasteiger partial charge in [-0.3, -0.25) is 9.59 Å². The monoisotopic (exact) mass is 326 g/mol. The van der Waals surface area contributed by atoms with Gasteiger partial charge < -0.3 is 5.32 Å². The summed E-state index contributed by atoms with van der Waals surface area (Å²) in [6, 6.07) is 11.4. The smallest absolute Gasteiger partial charge is 0.278 e. The maximum atomic E-state index is 12.9. The second-order valence-corrected chi connectivity index (χ2v) is 5.28. The number of benzene rings is 2. The molecule has 3 aromatic rings. The average molecular weight is 326 g/mol. The highest BCUT2D eigenvalue weighted by Crippen LogP contribution is 2.15. The highest BCUT2D eigenvalue weighted by molar-refractivity contribution is 5.93. The van der Waals surface area contributed by atoms with Gasteiger partial charge in [0.05, 0.1) is 5.39 Å². The Hall–Kier alpha value is -3.09. The Morgan fingerprint density at radius 1 is 1.21 bits per heavy atom. The minimum atomic E-state index is -0.806. The summed E-state index contributed by atoms with van der Waals surface area (Å²) < 4.78 is 14.0. The van der Waals surface area contributed by atoms with Crippen molar-refractivity contribution in [2.75, 3.05) is 5.32 Å². The van der Waals surface area contributed by atoms with Crippen LogP contribution in [0.4, 0.5) is 10.1 Å². The summed E-state index contributed by atoms with van der Waals surface area (Å²) in [7, 11) is 0. The predicted molar refractivity (Wildman–Crippen MR) is 88.2 cm³/mol. The van der Waals surface area contributed by atoms with E-state index in [0.29, 0.717) is 23.0 Å². The minimum absolute atomic E-state index is 0.361. The number of hydrogen-bond donors (Lipinski definition) is 1. The molecule has 1 atom stereocenters. The predicted octanol–water partition coefficient (Wildman–Crippen LogP) is 2.52. The number of amides is 1. The number of aromatic nitrogens is 3. The van der Waals surface area contributed by atoms with E-state index in [1.165, 1.54) is 24.3 Å². The molecule has 0 saturated heterocycles. The molecule has 7 heteroatoms. The maximum Gasteiger partial charge on any atom is 0.278 e. The summed E-state index contributed by atoms with van der Waals surface area (Å²) in [6.45, 7) is 1.78. The van der Waals surface area contributed by atoms with Gasteiger partial charge in [-0.2, -0.15) is 4.68 Å². The molecule has 0 unspecified atom stereocenters. The van der Waals surface area contributed by atoms with Crippen LogP contribution in [0.5, 0.6) is 0 Å². The zero-order valence-corrected chi connectivity index (χ0v) is 12.9. The molecule has 1 aromatic heterocycles. The number of anilines is 1. The molecule has 0 saturated carbocycles. The molecule has 0 aliphatic carbocycles. The number of nitrogens with one attached hydrogen (secondary N) is 1. The van der Waals surface area contributed by atoms with E-state index < -0.39 is 17.8 Å². The first-order valence-electron chi connectivity index (χ1n) is 7.51. The topological polar surface area (TPSA) is 76.9 Å². The lowest BCUT2D eigenvalue weighted by Gasteiger charge is -2.16. The molecule has 0 bridgehead atoms. The average Bonchev–Trinajstić information content (AvgIpc) is 2.60. The molecule has 24 heavy (non-hydrogen) atoms. The van der Waals surface area contributed by atoms with Gasteiger partial charge in [0.1, 0.15) is 17.4 Å². The van der Waals surface area contributed by atoms with Gasteiger partial charge in [-0.15, -0.1) is 5.10 Å². The quantitative estimate of drug-likeness (QED) is 0.799. The van der Waals surface area contributed by atoms with Crippen molar-refractivity contribution < 1.29 is 9.18 Å². The Balaban J connectivity index is 1.93. The van der Waals surface area contributed by atoms with E-state index in [9.17, 15) is 14.0 Å². The molecular formula is C17H15FN4O2. The molecule has 3 rings (SSSR count). The van der Waals surface area contributed by atoms with Crippen LogP contribution in [0, 0.1) is 5.82 Å². The molecule has 0 aliphatic rings. The van der Waals surface area contributed by atoms with E-state index in [0.717, 1.165) is 4.68 Å². The summed E-state index contributed by atoms with van der Waals surface area (Å²) in [4.78, 5) is 25.0. The van der Waals surface area contributed by atoms with Crippen LogP contribution in [0.15, 0.2) is 53.3 Å². The molecule has 2 aromatic carbocycles. The number of nitrogens with zero attached hydrogens (tertiary/aromatic N) is 3. The van der Waals surface area contributed by atoms with E-state index in [2.05, 4.69) is 15.6 Å². The van der Waals surface area contributed by atoms with Crippen molar-refractivity contribution in [3.05, 3.63) is 64.7 Å². The summed E-state index contributed by atoms with van der Waals surface area (Å²) >= 11 is 0. The van der Waals surface area contributed by atoms with E-state index in [4.69, 9.17) is 0 Å². The van der Waals surface area contributed by atoms with Crippen molar-refractivity contribution in [2.45, 2.75) is 19.4 Å². The Morgan fingerprint density at radius 3 is 2.62 bits per heavy atom. The normalized spacial score (nSPS) is 12.1. The second-order valence-electron chi connectivity index (χ2n) is 5.28. The van der Waals surface area contributed by atoms with Gasteiger partial charge in [-0.1, -0.05) is 24.3 Å². The maximum absolute atomic E-state index is 12.9. The van der Waals surface area contributed by atoms with E-state index in [1.54, 1.807) is 31.2 Å². The lowest BCUT2D eigenvalue weighted by Crippen LogP contribution is -2.35. The SMILES string of the molecule is CC[C@@H](C(=O)Nc1ccc(F)cc1)n1nnc2ccccc2c1=O. The highest BCUT2D eigenvalue weighted by atomic mass is 19.1. The largest absolute Gasteiger partial charge is 0.324 e. The van der Waals surface area contributed by atoms with Crippen molar-refractivity contribution in [3.63, 3.8) is 0 Å². The molecule has 122 valence electrons. The molecule has 0 fully saturated rings. The lowest BCUT2D eigenvalue weighted by molar-refractivity contribution is -0.119. The van der Waals surface area contributed by atoms with Crippen molar-refractivity contribution in [1.82, 2.24) is 15.0 Å². The van der Waals surface area contributed by atoms with Gasteiger partial charge >= 0.3 is 0 Å². The third-order valence-corrected chi connectivity index (χ3v) is 3.69. The fraction of sp³-hybridized carbons (Fsp3) is 0.176. The van der Waals surface area contributed by atoms with Gasteiger partial charge in [-0.05, 0) is 42.8 Å². The molecule has 0 spiro atoms. The van der Waals surface area contributed by atoms with Crippen molar-refractivity contribution in [2.24, 2.45) is 0 Å². The molecule has 0 radical (unpaired) electrons. The minimum Gasteiger partial charge on any atom is -0.324 e. The van der Waals surface area contributed by atoms with Crippen LogP contribution >= 0.6 is 0 Å². The first-order valence-corrected chi connectivity index (χ1v) is 7.51. The van der Waals surface area contributed by atoms with E-state index in [-0.39, 0.29) is 5.56 Å². The first kappa shape index (κ1) is 15.8. The van der Waals surface area contributed by atoms with Crippen molar-refractivity contribution in [1.29, 1.82) is 0 Å². The van der Waals surface area contributed by atoms with Crippen LogP contribution in [-0.4, -0.2) is 20.9 Å². The van der Waals surface area contributed by atoms with Crippen LogP contribution in [0.2, 0.25) is 0 Å². The van der Waals surface area contributed by atoms with Crippen LogP contribution in [-0.2, 0) is 4.79 Å². The Labute approximate surface area is 136 Å². The number of hydrogen-bond acceptors (Lipinski definition) is 4. The lowest BCUT2D eigenvalue weighted by atomic mass is 10.2. The zero-order valence-electron chi connectivity index (χ0n) is 12.9. The molecular weight excluding hydrogens is 311 g/mol. The highest BCUT2D eigenvalue weighted by Gasteiger charge is 2.22. The molecule has 1 heterocycles. The summed E-state index contributed by atoms with van der Waals surface area (Å²) in [6.07, 6.45) is 0.361. The molecule has 0 aliphatic heterocycles. The first-order chi connectivity index (χ1) is 11.6. The third kappa shape index (κ3) is 3.01.